The van der Waals surface area contributed by atoms with Gasteiger partial charge < -0.3 is 9.80 Å². The lowest BCUT2D eigenvalue weighted by atomic mass is 10.0. The minimum atomic E-state index is 0.254. The highest BCUT2D eigenvalue weighted by Crippen LogP contribution is 2.15. The summed E-state index contributed by atoms with van der Waals surface area (Å²) in [6.07, 6.45) is 29.4. The molecule has 3 heteroatoms. The fourth-order valence-electron chi connectivity index (χ4n) is 4.74. The van der Waals surface area contributed by atoms with Crippen molar-refractivity contribution in [3.63, 3.8) is 0 Å². The van der Waals surface area contributed by atoms with Crippen molar-refractivity contribution in [2.45, 2.75) is 168 Å². The van der Waals surface area contributed by atoms with E-state index in [9.17, 15) is 4.79 Å². The van der Waals surface area contributed by atoms with E-state index in [0.717, 1.165) is 30.4 Å². The number of rotatable bonds is 26. The Morgan fingerprint density at radius 2 is 1.00 bits per heavy atom. The van der Waals surface area contributed by atoms with Crippen molar-refractivity contribution in [1.29, 1.82) is 0 Å². The van der Waals surface area contributed by atoms with E-state index in [0.29, 0.717) is 12.5 Å². The molecule has 0 heterocycles. The molecule has 1 unspecified atom stereocenters. The Bertz CT molecular complexity index is 435. The number of nitrogens with zero attached hydrogens (tertiary/aromatic N) is 1. The molecule has 0 aliphatic heterocycles. The summed E-state index contributed by atoms with van der Waals surface area (Å²) in [5.41, 5.74) is 0. The molecule has 0 fully saturated rings. The van der Waals surface area contributed by atoms with Crippen LogP contribution in [0, 0.1) is 0 Å². The van der Waals surface area contributed by atoms with Crippen LogP contribution in [0.25, 0.3) is 0 Å². The van der Waals surface area contributed by atoms with E-state index in [2.05, 4.69) is 40.2 Å². The van der Waals surface area contributed by atoms with Gasteiger partial charge in [-0.25, -0.2) is 0 Å². The summed E-state index contributed by atoms with van der Waals surface area (Å²) in [6, 6.07) is 0.654. The number of unbranched alkanes of at least 4 members (excludes halogenated alkanes) is 18. The smallest absolute Gasteiger partial charge is 0.219 e. The molecule has 0 aliphatic carbocycles. The summed E-state index contributed by atoms with van der Waals surface area (Å²) in [5, 5.41) is 3.12. The molecule has 1 atom stereocenters. The Morgan fingerprint density at radius 3 is 1.38 bits per heavy atom. The van der Waals surface area contributed by atoms with Gasteiger partial charge in [0.2, 0.25) is 5.91 Å². The summed E-state index contributed by atoms with van der Waals surface area (Å²) >= 11 is 0. The van der Waals surface area contributed by atoms with Crippen LogP contribution >= 0.6 is 0 Å². The molecule has 0 saturated heterocycles. The second kappa shape index (κ2) is 24.1. The van der Waals surface area contributed by atoms with Gasteiger partial charge >= 0.3 is 0 Å². The highest BCUT2D eigenvalue weighted by molar-refractivity contribution is 5.75. The minimum absolute atomic E-state index is 0.254. The van der Waals surface area contributed by atoms with Gasteiger partial charge in [-0.2, -0.15) is 0 Å². The Labute approximate surface area is 215 Å². The molecule has 34 heavy (non-hydrogen) atoms. The maximum atomic E-state index is 12.0. The number of carbonyl (C=O) groups excluding carboxylic acids is 1. The lowest BCUT2D eigenvalue weighted by Crippen LogP contribution is -2.47. The van der Waals surface area contributed by atoms with E-state index < -0.39 is 0 Å². The van der Waals surface area contributed by atoms with Crippen LogP contribution in [0.1, 0.15) is 162 Å². The summed E-state index contributed by atoms with van der Waals surface area (Å²) in [5.74, 6) is 0.254. The molecule has 0 bridgehead atoms. The van der Waals surface area contributed by atoms with E-state index >= 15 is 0 Å². The first-order valence-electron chi connectivity index (χ1n) is 15.5. The average Bonchev–Trinajstić information content (AvgIpc) is 2.83. The van der Waals surface area contributed by atoms with Crippen LogP contribution in [0.5, 0.6) is 0 Å². The van der Waals surface area contributed by atoms with E-state index in [-0.39, 0.29) is 5.91 Å². The van der Waals surface area contributed by atoms with Crippen LogP contribution in [-0.2, 0) is 4.79 Å². The van der Waals surface area contributed by atoms with Crippen LogP contribution in [0.15, 0.2) is 0 Å². The molecule has 0 aromatic heterocycles. The monoisotopic (exact) mass is 482 g/mol. The van der Waals surface area contributed by atoms with Crippen molar-refractivity contribution in [2.75, 3.05) is 27.2 Å². The fourth-order valence-corrected chi connectivity index (χ4v) is 4.74. The van der Waals surface area contributed by atoms with E-state index in [1.807, 2.05) is 0 Å². The van der Waals surface area contributed by atoms with Gasteiger partial charge in [0.15, 0.2) is 0 Å². The number of hydrogen-bond donors (Lipinski definition) is 1. The van der Waals surface area contributed by atoms with Crippen molar-refractivity contribution < 1.29 is 9.28 Å². The van der Waals surface area contributed by atoms with Crippen LogP contribution in [0.3, 0.4) is 0 Å². The van der Waals surface area contributed by atoms with Gasteiger partial charge in [0, 0.05) is 19.4 Å². The Kier molecular flexibility index (Phi) is 23.7. The Balaban J connectivity index is 3.25. The predicted octanol–water partition coefficient (Wildman–Crippen LogP) is 9.19. The van der Waals surface area contributed by atoms with Crippen LogP contribution in [0.2, 0.25) is 0 Å². The van der Waals surface area contributed by atoms with Gasteiger partial charge in [0.05, 0.1) is 26.7 Å². The Hall–Kier alpha value is -0.570. The molecular formula is C31H65N2O+. The zero-order chi connectivity index (χ0) is 25.3. The van der Waals surface area contributed by atoms with Crippen molar-refractivity contribution in [3.05, 3.63) is 0 Å². The summed E-state index contributed by atoms with van der Waals surface area (Å²) in [4.78, 5) is 12.0. The molecule has 0 rings (SSSR count). The molecule has 0 aromatic carbocycles. The zero-order valence-corrected chi connectivity index (χ0v) is 24.4. The van der Waals surface area contributed by atoms with E-state index in [1.165, 1.54) is 122 Å². The lowest BCUT2D eigenvalue weighted by Gasteiger charge is -2.35. The standard InChI is InChI=1S/C31H64N2O/c1-6-8-9-10-11-12-13-14-15-16-17-18-19-20-21-22-23-24-25-28-31(34)32-29-26-27-30(3)33(4,5)7-2/h30H,6-29H2,1-5H3/p+1. The van der Waals surface area contributed by atoms with Gasteiger partial charge in [0.25, 0.3) is 0 Å². The van der Waals surface area contributed by atoms with Crippen molar-refractivity contribution in [1.82, 2.24) is 5.32 Å². The second-order valence-corrected chi connectivity index (χ2v) is 11.6. The quantitative estimate of drug-likeness (QED) is 0.0968. The highest BCUT2D eigenvalue weighted by atomic mass is 16.1. The van der Waals surface area contributed by atoms with Gasteiger partial charge in [-0.1, -0.05) is 122 Å². The first kappa shape index (κ1) is 33.4. The number of amides is 1. The third-order valence-electron chi connectivity index (χ3n) is 8.14. The van der Waals surface area contributed by atoms with Crippen molar-refractivity contribution in [2.24, 2.45) is 0 Å². The molecule has 1 N–H and O–H groups in total. The normalized spacial score (nSPS) is 12.7. The fraction of sp³-hybridized carbons (Fsp3) is 0.968. The molecule has 3 nitrogen and oxygen atoms in total. The second-order valence-electron chi connectivity index (χ2n) is 11.6. The summed E-state index contributed by atoms with van der Waals surface area (Å²) in [7, 11) is 4.59. The first-order chi connectivity index (χ1) is 16.4. The van der Waals surface area contributed by atoms with E-state index in [4.69, 9.17) is 0 Å². The average molecular weight is 482 g/mol. The Morgan fingerprint density at radius 1 is 0.618 bits per heavy atom. The van der Waals surface area contributed by atoms with Crippen molar-refractivity contribution in [3.8, 4) is 0 Å². The van der Waals surface area contributed by atoms with Crippen molar-refractivity contribution >= 4 is 5.91 Å². The minimum Gasteiger partial charge on any atom is -0.356 e. The van der Waals surface area contributed by atoms with E-state index in [1.54, 1.807) is 0 Å². The van der Waals surface area contributed by atoms with Gasteiger partial charge in [-0.15, -0.1) is 0 Å². The maximum Gasteiger partial charge on any atom is 0.219 e. The zero-order valence-electron chi connectivity index (χ0n) is 24.4. The van der Waals surface area contributed by atoms with Crippen LogP contribution in [-0.4, -0.2) is 43.6 Å². The molecular weight excluding hydrogens is 416 g/mol. The van der Waals surface area contributed by atoms with Gasteiger partial charge in [-0.3, -0.25) is 4.79 Å². The molecule has 0 saturated carbocycles. The molecule has 1 amide bonds. The third kappa shape index (κ3) is 21.9. The first-order valence-corrected chi connectivity index (χ1v) is 15.5. The topological polar surface area (TPSA) is 29.1 Å². The third-order valence-corrected chi connectivity index (χ3v) is 8.14. The summed E-state index contributed by atoms with van der Waals surface area (Å²) < 4.78 is 1.06. The maximum absolute atomic E-state index is 12.0. The number of hydrogen-bond acceptors (Lipinski definition) is 1. The lowest BCUT2D eigenvalue weighted by molar-refractivity contribution is -0.911. The molecule has 0 radical (unpaired) electrons. The van der Waals surface area contributed by atoms with Crippen LogP contribution < -0.4 is 5.32 Å². The SMILES string of the molecule is CCCCCCCCCCCCCCCCCCCCCC(=O)NCCCC(C)[N+](C)(C)CC. The molecule has 0 aromatic rings. The van der Waals surface area contributed by atoms with Crippen LogP contribution in [0.4, 0.5) is 0 Å². The summed E-state index contributed by atoms with van der Waals surface area (Å²) in [6.45, 7) is 8.86. The number of carbonyl (C=O) groups is 1. The number of quaternary nitrogens is 1. The van der Waals surface area contributed by atoms with Gasteiger partial charge in [-0.05, 0) is 26.7 Å². The molecule has 0 spiro atoms. The number of nitrogens with one attached hydrogen (secondary N) is 1. The van der Waals surface area contributed by atoms with Gasteiger partial charge in [0.1, 0.15) is 0 Å². The molecule has 0 aliphatic rings. The largest absolute Gasteiger partial charge is 0.356 e. The molecule has 204 valence electrons. The predicted molar refractivity (Wildman–Crippen MR) is 152 cm³/mol. The highest BCUT2D eigenvalue weighted by Gasteiger charge is 2.20.